The van der Waals surface area contributed by atoms with E-state index in [2.05, 4.69) is 211 Å². The summed E-state index contributed by atoms with van der Waals surface area (Å²) in [6.45, 7) is 14.3. The van der Waals surface area contributed by atoms with Gasteiger partial charge >= 0.3 is 0 Å². The average Bonchev–Trinajstić information content (AvgIpc) is 4.10. The minimum Gasteiger partial charge on any atom is -0.141 e. The lowest BCUT2D eigenvalue weighted by atomic mass is 9.67. The molecule has 0 saturated heterocycles. The fraction of sp³-hybridized carbons (Fsp3) is 0.148. The van der Waals surface area contributed by atoms with Gasteiger partial charge in [-0.15, -0.1) is 22.7 Å². The van der Waals surface area contributed by atoms with Gasteiger partial charge in [-0.3, -0.25) is 0 Å². The summed E-state index contributed by atoms with van der Waals surface area (Å²) < 4.78 is 0. The quantitative estimate of drug-likeness (QED) is 0.166. The van der Waals surface area contributed by atoms with Gasteiger partial charge in [0.25, 0.3) is 0 Å². The van der Waals surface area contributed by atoms with Crippen LogP contribution in [0, 0.1) is 13.8 Å². The lowest BCUT2D eigenvalue weighted by molar-refractivity contribution is 0.660. The van der Waals surface area contributed by atoms with Gasteiger partial charge in [0.15, 0.2) is 0 Å². The normalized spacial score (nSPS) is 15.5. The van der Waals surface area contributed by atoms with Crippen LogP contribution in [0.3, 0.4) is 0 Å². The molecule has 3 aliphatic carbocycles. The Morgan fingerprint density at radius 3 is 1.05 bits per heavy atom. The zero-order valence-electron chi connectivity index (χ0n) is 36.5. The van der Waals surface area contributed by atoms with Crippen molar-refractivity contribution in [2.24, 2.45) is 0 Å². The van der Waals surface area contributed by atoms with Crippen molar-refractivity contribution in [2.45, 2.75) is 57.8 Å². The Labute approximate surface area is 378 Å². The second-order valence-electron chi connectivity index (χ2n) is 19.2. The molecule has 2 aromatic heterocycles. The van der Waals surface area contributed by atoms with E-state index in [-0.39, 0.29) is 10.8 Å². The van der Waals surface area contributed by atoms with Crippen molar-refractivity contribution in [3.63, 3.8) is 0 Å². The zero-order chi connectivity index (χ0) is 42.6. The number of hydrogen-bond donors (Lipinski definition) is 0. The van der Waals surface area contributed by atoms with Gasteiger partial charge in [0.1, 0.15) is 0 Å². The first kappa shape index (κ1) is 37.3. The van der Waals surface area contributed by atoms with Crippen LogP contribution < -0.4 is 0 Å². The van der Waals surface area contributed by atoms with Crippen molar-refractivity contribution in [2.75, 3.05) is 0 Å². The van der Waals surface area contributed by atoms with E-state index in [1.165, 1.54) is 130 Å². The van der Waals surface area contributed by atoms with Crippen LogP contribution in [0.1, 0.15) is 82.0 Å². The summed E-state index contributed by atoms with van der Waals surface area (Å²) in [7, 11) is 0. The standard InChI is InChI=1S/C61H46S2/c1-35-25-27-55(62-35)45-31-53-57(41-23-15-13-21-39(41)45)47-33-51-43(29-49(47)59(53,3)4)44-30-50-48(34-52(44)61(51,37-17-9-7-10-18-37)38-19-11-8-12-20-38)58-42-24-16-14-22-40(42)46(32-54(58)60(50,5)6)56-28-26-36(2)63-56/h7-34H,1-6H3. The first-order chi connectivity index (χ1) is 30.6. The number of benzene rings is 8. The predicted molar refractivity (Wildman–Crippen MR) is 270 cm³/mol. The highest BCUT2D eigenvalue weighted by atomic mass is 32.1. The molecule has 10 aromatic rings. The van der Waals surface area contributed by atoms with E-state index in [4.69, 9.17) is 0 Å². The molecule has 0 atom stereocenters. The molecular weight excluding hydrogens is 797 g/mol. The third-order valence-corrected chi connectivity index (χ3v) is 17.2. The summed E-state index contributed by atoms with van der Waals surface area (Å²) in [5.41, 5.74) is 20.9. The SMILES string of the molecule is Cc1ccc(-c2cc3c(c4ccccc24)-c2cc4c(cc2C3(C)C)-c2cc3c(cc2C4(c2ccccc2)c2ccccc2)-c2c(cc(-c4ccc(C)s4)c4ccccc24)C3(C)C)s1. The summed E-state index contributed by atoms with van der Waals surface area (Å²) in [6.07, 6.45) is 0. The Kier molecular flexibility index (Phi) is 7.62. The second kappa shape index (κ2) is 12.9. The minimum absolute atomic E-state index is 0.211. The van der Waals surface area contributed by atoms with E-state index in [1.807, 2.05) is 22.7 Å². The molecule has 0 fully saturated rings. The van der Waals surface area contributed by atoms with Crippen molar-refractivity contribution >= 4 is 44.2 Å². The topological polar surface area (TPSA) is 0 Å². The number of rotatable bonds is 4. The van der Waals surface area contributed by atoms with Crippen molar-refractivity contribution in [1.82, 2.24) is 0 Å². The zero-order valence-corrected chi connectivity index (χ0v) is 38.1. The fourth-order valence-electron chi connectivity index (χ4n) is 12.2. The molecule has 63 heavy (non-hydrogen) atoms. The summed E-state index contributed by atoms with van der Waals surface area (Å²) in [5.74, 6) is 0. The number of thiophene rings is 2. The van der Waals surface area contributed by atoms with Gasteiger partial charge in [-0.2, -0.15) is 0 Å². The van der Waals surface area contributed by atoms with Gasteiger partial charge in [0.2, 0.25) is 0 Å². The van der Waals surface area contributed by atoms with E-state index >= 15 is 0 Å². The molecule has 0 nitrogen and oxygen atoms in total. The van der Waals surface area contributed by atoms with Gasteiger partial charge in [-0.05, 0) is 185 Å². The van der Waals surface area contributed by atoms with Crippen LogP contribution in [0.25, 0.3) is 75.8 Å². The summed E-state index contributed by atoms with van der Waals surface area (Å²) in [6, 6.07) is 65.8. The van der Waals surface area contributed by atoms with Crippen molar-refractivity contribution < 1.29 is 0 Å². The molecule has 302 valence electrons. The highest BCUT2D eigenvalue weighted by Crippen LogP contribution is 2.64. The van der Waals surface area contributed by atoms with Crippen LogP contribution in [0.4, 0.5) is 0 Å². The molecule has 0 unspecified atom stereocenters. The van der Waals surface area contributed by atoms with E-state index in [9.17, 15) is 0 Å². The number of fused-ring (bicyclic) bond motifs is 13. The Balaban J connectivity index is 1.14. The summed E-state index contributed by atoms with van der Waals surface area (Å²) in [4.78, 5) is 5.36. The third kappa shape index (κ3) is 4.86. The molecule has 2 heteroatoms. The van der Waals surface area contributed by atoms with Gasteiger partial charge in [-0.1, -0.05) is 137 Å². The molecule has 0 radical (unpaired) electrons. The predicted octanol–water partition coefficient (Wildman–Crippen LogP) is 17.0. The van der Waals surface area contributed by atoms with Crippen molar-refractivity contribution in [3.8, 4) is 54.3 Å². The third-order valence-electron chi connectivity index (χ3n) is 15.2. The Bertz CT molecular complexity index is 3330. The molecule has 0 bridgehead atoms. The summed E-state index contributed by atoms with van der Waals surface area (Å²) >= 11 is 3.79. The van der Waals surface area contributed by atoms with Crippen molar-refractivity contribution in [3.05, 3.63) is 224 Å². The van der Waals surface area contributed by atoms with Crippen LogP contribution in [-0.2, 0) is 16.2 Å². The molecule has 3 aliphatic rings. The highest BCUT2D eigenvalue weighted by Gasteiger charge is 2.50. The van der Waals surface area contributed by atoms with Crippen LogP contribution in [0.15, 0.2) is 170 Å². The Hall–Kier alpha value is -6.32. The van der Waals surface area contributed by atoms with Gasteiger partial charge in [0, 0.05) is 30.3 Å². The molecule has 0 N–H and O–H groups in total. The first-order valence-corrected chi connectivity index (χ1v) is 24.0. The maximum atomic E-state index is 2.63. The molecular formula is C61H46S2. The molecule has 8 aromatic carbocycles. The molecule has 13 rings (SSSR count). The van der Waals surface area contributed by atoms with E-state index in [0.29, 0.717) is 0 Å². The van der Waals surface area contributed by atoms with Gasteiger partial charge in [0.05, 0.1) is 5.41 Å². The largest absolute Gasteiger partial charge is 0.141 e. The smallest absolute Gasteiger partial charge is 0.0714 e. The average molecular weight is 843 g/mol. The van der Waals surface area contributed by atoms with Crippen LogP contribution in [-0.4, -0.2) is 0 Å². The second-order valence-corrected chi connectivity index (χ2v) is 21.8. The van der Waals surface area contributed by atoms with Crippen LogP contribution in [0.2, 0.25) is 0 Å². The van der Waals surface area contributed by atoms with E-state index < -0.39 is 5.41 Å². The highest BCUT2D eigenvalue weighted by molar-refractivity contribution is 7.15. The maximum absolute atomic E-state index is 2.63. The molecule has 0 spiro atoms. The van der Waals surface area contributed by atoms with Gasteiger partial charge in [-0.25, -0.2) is 0 Å². The first-order valence-electron chi connectivity index (χ1n) is 22.3. The Morgan fingerprint density at radius 2 is 0.667 bits per heavy atom. The maximum Gasteiger partial charge on any atom is 0.0714 e. The van der Waals surface area contributed by atoms with E-state index in [1.54, 1.807) is 0 Å². The monoisotopic (exact) mass is 842 g/mol. The van der Waals surface area contributed by atoms with Crippen LogP contribution in [0.5, 0.6) is 0 Å². The fourth-order valence-corrected chi connectivity index (χ4v) is 14.0. The van der Waals surface area contributed by atoms with Crippen LogP contribution >= 0.6 is 22.7 Å². The molecule has 2 heterocycles. The Morgan fingerprint density at radius 1 is 0.317 bits per heavy atom. The van der Waals surface area contributed by atoms with E-state index in [0.717, 1.165) is 0 Å². The number of aryl methyl sites for hydroxylation is 2. The lowest BCUT2D eigenvalue weighted by Gasteiger charge is -2.34. The minimum atomic E-state index is -0.550. The van der Waals surface area contributed by atoms with Gasteiger partial charge < -0.3 is 0 Å². The molecule has 0 saturated carbocycles. The molecule has 0 aliphatic heterocycles. The number of hydrogen-bond acceptors (Lipinski definition) is 2. The summed E-state index contributed by atoms with van der Waals surface area (Å²) in [5, 5.41) is 5.32. The molecule has 0 amide bonds. The lowest BCUT2D eigenvalue weighted by Crippen LogP contribution is -2.29. The van der Waals surface area contributed by atoms with Crippen molar-refractivity contribution in [1.29, 1.82) is 0 Å².